The van der Waals surface area contributed by atoms with Gasteiger partial charge in [0.2, 0.25) is 0 Å². The molecule has 1 aliphatic heterocycles. The Morgan fingerprint density at radius 1 is 1.50 bits per heavy atom. The van der Waals surface area contributed by atoms with Gasteiger partial charge in [-0.3, -0.25) is 0 Å². The zero-order valence-corrected chi connectivity index (χ0v) is 14.7. The Bertz CT molecular complexity index is 658. The quantitative estimate of drug-likeness (QED) is 0.549. The fourth-order valence-corrected chi connectivity index (χ4v) is 3.17. The van der Waals surface area contributed by atoms with Crippen molar-refractivity contribution in [3.8, 4) is 5.75 Å². The van der Waals surface area contributed by atoms with Gasteiger partial charge < -0.3 is 20.1 Å². The molecule has 2 N–H and O–H groups in total. The summed E-state index contributed by atoms with van der Waals surface area (Å²) in [4.78, 5) is 13.3. The smallest absolute Gasteiger partial charge is 0.353 e. The van der Waals surface area contributed by atoms with E-state index in [4.69, 9.17) is 4.74 Å². The fourth-order valence-electron chi connectivity index (χ4n) is 2.54. The lowest BCUT2D eigenvalue weighted by atomic mass is 9.98. The minimum absolute atomic E-state index is 0.184. The van der Waals surface area contributed by atoms with Gasteiger partial charge in [0.05, 0.1) is 17.3 Å². The van der Waals surface area contributed by atoms with Crippen LogP contribution in [0.1, 0.15) is 12.0 Å². The number of nitrogens with zero attached hydrogens (tertiary/aromatic N) is 1. The zero-order valence-electron chi connectivity index (χ0n) is 12.3. The molecule has 2 rings (SSSR count). The Balaban J connectivity index is 2.63. The van der Waals surface area contributed by atoms with E-state index in [1.54, 1.807) is 25.8 Å². The summed E-state index contributed by atoms with van der Waals surface area (Å²) in [6.07, 6.45) is 3.09. The number of ether oxygens (including phenoxy) is 1. The highest BCUT2D eigenvalue weighted by Crippen LogP contribution is 2.40. The highest BCUT2D eigenvalue weighted by molar-refractivity contribution is 9.10. The summed E-state index contributed by atoms with van der Waals surface area (Å²) in [5, 5.41) is 13.7. The van der Waals surface area contributed by atoms with E-state index in [-0.39, 0.29) is 5.70 Å². The SMILES string of the molecule is CN/C(C(=O)O)=C1/CCc2cc(OC)c(Br)cc2N1/C=C\S. The lowest BCUT2D eigenvalue weighted by Gasteiger charge is -2.32. The zero-order chi connectivity index (χ0) is 16.3. The van der Waals surface area contributed by atoms with E-state index in [0.717, 1.165) is 27.9 Å². The molecule has 1 aromatic rings. The summed E-state index contributed by atoms with van der Waals surface area (Å²) in [5.74, 6) is -0.223. The van der Waals surface area contributed by atoms with E-state index >= 15 is 0 Å². The van der Waals surface area contributed by atoms with Crippen LogP contribution in [0.25, 0.3) is 0 Å². The normalized spacial score (nSPS) is 16.5. The third-order valence-electron chi connectivity index (χ3n) is 3.50. The van der Waals surface area contributed by atoms with Crippen LogP contribution in [0.2, 0.25) is 0 Å². The van der Waals surface area contributed by atoms with E-state index in [9.17, 15) is 9.90 Å². The van der Waals surface area contributed by atoms with Crippen molar-refractivity contribution in [2.45, 2.75) is 12.8 Å². The number of aryl methyl sites for hydroxylation is 1. The molecule has 0 aliphatic carbocycles. The van der Waals surface area contributed by atoms with Crippen LogP contribution in [0.4, 0.5) is 5.69 Å². The molecule has 0 saturated heterocycles. The van der Waals surface area contributed by atoms with Crippen molar-refractivity contribution in [3.63, 3.8) is 0 Å². The second-order valence-electron chi connectivity index (χ2n) is 4.66. The molecule has 0 radical (unpaired) electrons. The van der Waals surface area contributed by atoms with E-state index in [2.05, 4.69) is 33.9 Å². The van der Waals surface area contributed by atoms with Crippen LogP contribution >= 0.6 is 28.6 Å². The number of benzene rings is 1. The van der Waals surface area contributed by atoms with Gasteiger partial charge in [-0.15, -0.1) is 12.6 Å². The van der Waals surface area contributed by atoms with Gasteiger partial charge in [-0.2, -0.15) is 0 Å². The molecule has 5 nitrogen and oxygen atoms in total. The first-order valence-corrected chi connectivity index (χ1v) is 7.95. The molecule has 7 heteroatoms. The Labute approximate surface area is 143 Å². The first-order chi connectivity index (χ1) is 10.5. The molecule has 1 aliphatic rings. The molecule has 0 saturated carbocycles. The van der Waals surface area contributed by atoms with Gasteiger partial charge in [0, 0.05) is 18.9 Å². The molecule has 1 aromatic carbocycles. The van der Waals surface area contributed by atoms with Gasteiger partial charge >= 0.3 is 5.97 Å². The summed E-state index contributed by atoms with van der Waals surface area (Å²) in [6.45, 7) is 0. The Morgan fingerprint density at radius 3 is 2.77 bits per heavy atom. The predicted molar refractivity (Wildman–Crippen MR) is 93.3 cm³/mol. The molecule has 0 fully saturated rings. The maximum Gasteiger partial charge on any atom is 0.353 e. The summed E-state index contributed by atoms with van der Waals surface area (Å²) in [7, 11) is 3.23. The number of anilines is 1. The lowest BCUT2D eigenvalue weighted by Crippen LogP contribution is -2.29. The van der Waals surface area contributed by atoms with Crippen LogP contribution in [0.5, 0.6) is 5.75 Å². The highest BCUT2D eigenvalue weighted by atomic mass is 79.9. The summed E-state index contributed by atoms with van der Waals surface area (Å²) in [6, 6.07) is 3.89. The van der Waals surface area contributed by atoms with Crippen LogP contribution < -0.4 is 15.0 Å². The molecule has 0 bridgehead atoms. The van der Waals surface area contributed by atoms with Crippen molar-refractivity contribution in [2.24, 2.45) is 0 Å². The second kappa shape index (κ2) is 7.11. The van der Waals surface area contributed by atoms with Crippen LogP contribution in [0, 0.1) is 0 Å². The number of fused-ring (bicyclic) bond motifs is 1. The fraction of sp³-hybridized carbons (Fsp3) is 0.267. The summed E-state index contributed by atoms with van der Waals surface area (Å²) < 4.78 is 6.14. The number of methoxy groups -OCH3 is 1. The van der Waals surface area contributed by atoms with E-state index < -0.39 is 5.97 Å². The molecule has 22 heavy (non-hydrogen) atoms. The standard InChI is InChI=1S/C15H17BrN2O3S/c1-17-14(15(19)20)11-4-3-9-7-13(21-2)10(16)8-12(9)18(11)5-6-22/h5-8,17,22H,3-4H2,1-2H3,(H,19,20)/b6-5-,14-11-. The van der Waals surface area contributed by atoms with Gasteiger partial charge in [-0.1, -0.05) is 0 Å². The molecule has 1 heterocycles. The molecule has 0 amide bonds. The average Bonchev–Trinajstić information content (AvgIpc) is 2.49. The first kappa shape index (κ1) is 16.8. The van der Waals surface area contributed by atoms with Crippen LogP contribution in [0.3, 0.4) is 0 Å². The molecule has 0 aromatic heterocycles. The maximum atomic E-state index is 11.4. The molecule has 0 spiro atoms. The van der Waals surface area contributed by atoms with Crippen LogP contribution in [0.15, 0.2) is 39.6 Å². The van der Waals surface area contributed by atoms with E-state index in [0.29, 0.717) is 12.1 Å². The number of hydrogen-bond acceptors (Lipinski definition) is 5. The average molecular weight is 385 g/mol. The number of aliphatic carboxylic acids is 1. The Hall–Kier alpha value is -1.60. The molecular formula is C15H17BrN2O3S. The summed E-state index contributed by atoms with van der Waals surface area (Å²) in [5.41, 5.74) is 2.89. The van der Waals surface area contributed by atoms with E-state index in [1.807, 2.05) is 17.0 Å². The first-order valence-electron chi connectivity index (χ1n) is 6.64. The number of nitrogens with one attached hydrogen (secondary N) is 1. The Morgan fingerprint density at radius 2 is 2.23 bits per heavy atom. The largest absolute Gasteiger partial charge is 0.496 e. The molecule has 0 unspecified atom stereocenters. The van der Waals surface area contributed by atoms with Crippen molar-refractivity contribution < 1.29 is 14.6 Å². The monoisotopic (exact) mass is 384 g/mol. The molecular weight excluding hydrogens is 368 g/mol. The van der Waals surface area contributed by atoms with Gasteiger partial charge in [0.1, 0.15) is 11.4 Å². The number of allylic oxidation sites excluding steroid dienone is 1. The highest BCUT2D eigenvalue weighted by Gasteiger charge is 2.26. The third-order valence-corrected chi connectivity index (χ3v) is 4.26. The number of rotatable bonds is 4. The van der Waals surface area contributed by atoms with Crippen LogP contribution in [-0.2, 0) is 11.2 Å². The number of hydrogen-bond donors (Lipinski definition) is 3. The summed E-state index contributed by atoms with van der Waals surface area (Å²) >= 11 is 7.60. The second-order valence-corrected chi connectivity index (χ2v) is 5.81. The number of halogens is 1. The maximum absolute atomic E-state index is 11.4. The predicted octanol–water partition coefficient (Wildman–Crippen LogP) is 3.13. The number of thiol groups is 1. The van der Waals surface area contributed by atoms with Crippen molar-refractivity contribution in [2.75, 3.05) is 19.1 Å². The Kier molecular flexibility index (Phi) is 5.42. The lowest BCUT2D eigenvalue weighted by molar-refractivity contribution is -0.133. The topological polar surface area (TPSA) is 61.8 Å². The van der Waals surface area contributed by atoms with Crippen molar-refractivity contribution in [1.29, 1.82) is 0 Å². The van der Waals surface area contributed by atoms with Crippen molar-refractivity contribution >= 4 is 40.2 Å². The minimum atomic E-state index is -0.980. The van der Waals surface area contributed by atoms with Gasteiger partial charge in [-0.25, -0.2) is 4.79 Å². The van der Waals surface area contributed by atoms with Gasteiger partial charge in [0.15, 0.2) is 0 Å². The van der Waals surface area contributed by atoms with Crippen molar-refractivity contribution in [1.82, 2.24) is 5.32 Å². The number of likely N-dealkylation sites (N-methyl/N-ethyl adjacent to an activating group) is 1. The third kappa shape index (κ3) is 3.10. The number of carboxylic acid groups (broad SMARTS) is 1. The van der Waals surface area contributed by atoms with E-state index in [1.165, 1.54) is 0 Å². The number of carbonyl (C=O) groups is 1. The minimum Gasteiger partial charge on any atom is -0.496 e. The molecule has 118 valence electrons. The van der Waals surface area contributed by atoms with Gasteiger partial charge in [-0.05, 0) is 51.9 Å². The van der Waals surface area contributed by atoms with Crippen LogP contribution in [-0.4, -0.2) is 25.2 Å². The van der Waals surface area contributed by atoms with Gasteiger partial charge in [0.25, 0.3) is 0 Å². The molecule has 0 atom stereocenters. The van der Waals surface area contributed by atoms with Crippen molar-refractivity contribution in [3.05, 3.63) is 45.2 Å². The number of carboxylic acids is 1.